The highest BCUT2D eigenvalue weighted by molar-refractivity contribution is 9.10. The van der Waals surface area contributed by atoms with Crippen LogP contribution >= 0.6 is 15.9 Å². The number of rotatable bonds is 6. The van der Waals surface area contributed by atoms with Gasteiger partial charge in [-0.3, -0.25) is 9.69 Å². The van der Waals surface area contributed by atoms with Crippen LogP contribution in [0.3, 0.4) is 0 Å². The number of hydrogen-bond donors (Lipinski definition) is 1. The summed E-state index contributed by atoms with van der Waals surface area (Å²) in [5.74, 6) is 0.565. The van der Waals surface area contributed by atoms with E-state index in [-0.39, 0.29) is 5.91 Å². The lowest BCUT2D eigenvalue weighted by Gasteiger charge is -2.21. The summed E-state index contributed by atoms with van der Waals surface area (Å²) in [6.45, 7) is 3.80. The fourth-order valence-corrected chi connectivity index (χ4v) is 3.92. The van der Waals surface area contributed by atoms with Crippen molar-refractivity contribution >= 4 is 21.8 Å². The van der Waals surface area contributed by atoms with Crippen LogP contribution in [0, 0.1) is 0 Å². The molecule has 1 aliphatic heterocycles. The smallest absolute Gasteiger partial charge is 0.252 e. The van der Waals surface area contributed by atoms with Gasteiger partial charge in [-0.25, -0.2) is 0 Å². The van der Waals surface area contributed by atoms with Crippen LogP contribution in [0.4, 0.5) is 0 Å². The maximum absolute atomic E-state index is 12.6. The summed E-state index contributed by atoms with van der Waals surface area (Å²) in [6, 6.07) is 13.8. The highest BCUT2D eigenvalue weighted by Gasteiger charge is 2.14. The van der Waals surface area contributed by atoms with Gasteiger partial charge < -0.3 is 10.1 Å². The number of halogens is 1. The van der Waals surface area contributed by atoms with Crippen molar-refractivity contribution in [2.24, 2.45) is 0 Å². The van der Waals surface area contributed by atoms with E-state index in [0.29, 0.717) is 17.9 Å². The van der Waals surface area contributed by atoms with Crippen molar-refractivity contribution < 1.29 is 9.53 Å². The maximum Gasteiger partial charge on any atom is 0.252 e. The second-order valence-corrected chi connectivity index (χ2v) is 7.84. The molecule has 1 heterocycles. The average molecular weight is 431 g/mol. The molecule has 4 nitrogen and oxygen atoms in total. The standard InChI is InChI=1S/C22H27BrN2O2/c1-27-19-10-11-21(23)20(14-19)22(26)24-15-17-8-4-5-9-18(17)16-25-12-6-2-3-7-13-25/h4-5,8-11,14H,2-3,6-7,12-13,15-16H2,1H3,(H,24,26). The first-order chi connectivity index (χ1) is 13.2. The third kappa shape index (κ3) is 5.56. The molecule has 1 N–H and O–H groups in total. The van der Waals surface area contributed by atoms with Gasteiger partial charge in [-0.15, -0.1) is 0 Å². The molecule has 144 valence electrons. The van der Waals surface area contributed by atoms with Crippen molar-refractivity contribution in [2.75, 3.05) is 20.2 Å². The number of hydrogen-bond acceptors (Lipinski definition) is 3. The van der Waals surface area contributed by atoms with E-state index in [1.807, 2.05) is 18.2 Å². The van der Waals surface area contributed by atoms with Gasteiger partial charge in [0.2, 0.25) is 0 Å². The Morgan fingerprint density at radius 3 is 2.48 bits per heavy atom. The van der Waals surface area contributed by atoms with E-state index in [1.54, 1.807) is 13.2 Å². The molecule has 27 heavy (non-hydrogen) atoms. The molecule has 1 saturated heterocycles. The average Bonchev–Trinajstić information content (AvgIpc) is 2.96. The van der Waals surface area contributed by atoms with E-state index in [9.17, 15) is 4.79 Å². The van der Waals surface area contributed by atoms with Gasteiger partial charge in [-0.05, 0) is 71.2 Å². The molecule has 2 aromatic rings. The van der Waals surface area contributed by atoms with Crippen molar-refractivity contribution in [3.05, 3.63) is 63.6 Å². The van der Waals surface area contributed by atoms with Crippen molar-refractivity contribution in [2.45, 2.75) is 38.8 Å². The molecule has 3 rings (SSSR count). The van der Waals surface area contributed by atoms with Gasteiger partial charge in [0.15, 0.2) is 0 Å². The summed E-state index contributed by atoms with van der Waals surface area (Å²) in [5, 5.41) is 3.05. The number of likely N-dealkylation sites (tertiary alicyclic amines) is 1. The number of benzene rings is 2. The molecule has 0 saturated carbocycles. The summed E-state index contributed by atoms with van der Waals surface area (Å²) in [4.78, 5) is 15.2. The Balaban J connectivity index is 1.66. The van der Waals surface area contributed by atoms with Crippen molar-refractivity contribution in [3.63, 3.8) is 0 Å². The van der Waals surface area contributed by atoms with E-state index >= 15 is 0 Å². The van der Waals surface area contributed by atoms with Gasteiger partial charge in [0.1, 0.15) is 5.75 Å². The van der Waals surface area contributed by atoms with Crippen LogP contribution in [0.2, 0.25) is 0 Å². The first kappa shape index (κ1) is 19.9. The molecule has 0 radical (unpaired) electrons. The lowest BCUT2D eigenvalue weighted by atomic mass is 10.1. The van der Waals surface area contributed by atoms with E-state index < -0.39 is 0 Å². The molecule has 0 atom stereocenters. The Hall–Kier alpha value is -1.85. The zero-order chi connectivity index (χ0) is 19.1. The molecule has 1 aliphatic rings. The lowest BCUT2D eigenvalue weighted by molar-refractivity contribution is 0.0949. The van der Waals surface area contributed by atoms with Crippen molar-refractivity contribution in [1.82, 2.24) is 10.2 Å². The normalized spacial score (nSPS) is 15.2. The quantitative estimate of drug-likeness (QED) is 0.717. The zero-order valence-corrected chi connectivity index (χ0v) is 17.4. The Morgan fingerprint density at radius 1 is 1.07 bits per heavy atom. The van der Waals surface area contributed by atoms with Gasteiger partial charge in [0.25, 0.3) is 5.91 Å². The number of ether oxygens (including phenoxy) is 1. The lowest BCUT2D eigenvalue weighted by Crippen LogP contribution is -2.27. The van der Waals surface area contributed by atoms with Crippen LogP contribution < -0.4 is 10.1 Å². The first-order valence-electron chi connectivity index (χ1n) is 9.58. The summed E-state index contributed by atoms with van der Waals surface area (Å²) >= 11 is 3.45. The molecule has 0 aliphatic carbocycles. The third-order valence-electron chi connectivity index (χ3n) is 5.07. The largest absolute Gasteiger partial charge is 0.497 e. The second kappa shape index (κ2) is 9.90. The predicted octanol–water partition coefficient (Wildman–Crippen LogP) is 4.76. The summed E-state index contributed by atoms with van der Waals surface area (Å²) < 4.78 is 5.99. The van der Waals surface area contributed by atoms with E-state index in [1.165, 1.54) is 36.8 Å². The Labute approximate surface area is 170 Å². The minimum Gasteiger partial charge on any atom is -0.497 e. The Bertz CT molecular complexity index is 771. The van der Waals surface area contributed by atoms with Gasteiger partial charge in [-0.2, -0.15) is 0 Å². The molecular weight excluding hydrogens is 404 g/mol. The molecular formula is C22H27BrN2O2. The molecule has 0 bridgehead atoms. The van der Waals surface area contributed by atoms with Gasteiger partial charge in [0, 0.05) is 17.6 Å². The third-order valence-corrected chi connectivity index (χ3v) is 5.76. The predicted molar refractivity (Wildman–Crippen MR) is 112 cm³/mol. The van der Waals surface area contributed by atoms with Crippen LogP contribution in [0.5, 0.6) is 5.75 Å². The van der Waals surface area contributed by atoms with Crippen LogP contribution in [0.15, 0.2) is 46.9 Å². The molecule has 1 amide bonds. The van der Waals surface area contributed by atoms with Gasteiger partial charge >= 0.3 is 0 Å². The molecule has 0 spiro atoms. The van der Waals surface area contributed by atoms with Crippen LogP contribution in [0.1, 0.15) is 47.2 Å². The molecule has 0 unspecified atom stereocenters. The molecule has 2 aromatic carbocycles. The highest BCUT2D eigenvalue weighted by Crippen LogP contribution is 2.23. The monoisotopic (exact) mass is 430 g/mol. The van der Waals surface area contributed by atoms with Crippen molar-refractivity contribution in [3.8, 4) is 5.75 Å². The summed E-state index contributed by atoms with van der Waals surface area (Å²) in [5.41, 5.74) is 3.05. The van der Waals surface area contributed by atoms with Crippen LogP contribution in [-0.2, 0) is 13.1 Å². The minimum absolute atomic E-state index is 0.106. The van der Waals surface area contributed by atoms with Crippen LogP contribution in [0.25, 0.3) is 0 Å². The number of carbonyl (C=O) groups is 1. The highest BCUT2D eigenvalue weighted by atomic mass is 79.9. The summed E-state index contributed by atoms with van der Waals surface area (Å²) in [7, 11) is 1.60. The fraction of sp³-hybridized carbons (Fsp3) is 0.409. The topological polar surface area (TPSA) is 41.6 Å². The molecule has 1 fully saturated rings. The number of nitrogens with zero attached hydrogens (tertiary/aromatic N) is 1. The van der Waals surface area contributed by atoms with Gasteiger partial charge in [0.05, 0.1) is 12.7 Å². The maximum atomic E-state index is 12.6. The molecule has 0 aromatic heterocycles. The summed E-state index contributed by atoms with van der Waals surface area (Å²) in [6.07, 6.45) is 5.23. The van der Waals surface area contributed by atoms with E-state index in [0.717, 1.165) is 24.1 Å². The Morgan fingerprint density at radius 2 is 1.78 bits per heavy atom. The fourth-order valence-electron chi connectivity index (χ4n) is 3.50. The number of carbonyl (C=O) groups excluding carboxylic acids is 1. The van der Waals surface area contributed by atoms with Crippen LogP contribution in [-0.4, -0.2) is 31.0 Å². The SMILES string of the molecule is COc1ccc(Br)c(C(=O)NCc2ccccc2CN2CCCCCC2)c1. The number of amides is 1. The number of methoxy groups -OCH3 is 1. The first-order valence-corrected chi connectivity index (χ1v) is 10.4. The van der Waals surface area contributed by atoms with Gasteiger partial charge in [-0.1, -0.05) is 37.1 Å². The molecule has 5 heteroatoms. The van der Waals surface area contributed by atoms with E-state index in [4.69, 9.17) is 4.74 Å². The van der Waals surface area contributed by atoms with Crippen molar-refractivity contribution in [1.29, 1.82) is 0 Å². The van der Waals surface area contributed by atoms with E-state index in [2.05, 4.69) is 44.3 Å². The second-order valence-electron chi connectivity index (χ2n) is 6.99. The number of nitrogens with one attached hydrogen (secondary N) is 1. The Kier molecular flexibility index (Phi) is 7.30. The minimum atomic E-state index is -0.106. The zero-order valence-electron chi connectivity index (χ0n) is 15.8.